The zero-order valence-corrected chi connectivity index (χ0v) is 11.4. The highest BCUT2D eigenvalue weighted by Crippen LogP contribution is 2.27. The van der Waals surface area contributed by atoms with E-state index in [0.717, 1.165) is 10.7 Å². The zero-order valence-electron chi connectivity index (χ0n) is 11.4. The minimum Gasteiger partial charge on any atom is -0.462 e. The molecule has 114 valence electrons. The largest absolute Gasteiger partial charge is 0.462 e. The summed E-state index contributed by atoms with van der Waals surface area (Å²) in [6, 6.07) is 0.875. The van der Waals surface area contributed by atoms with Crippen molar-refractivity contribution < 1.29 is 22.7 Å². The van der Waals surface area contributed by atoms with Gasteiger partial charge in [-0.05, 0) is 13.0 Å². The van der Waals surface area contributed by atoms with E-state index in [-0.39, 0.29) is 18.7 Å². The quantitative estimate of drug-likeness (QED) is 0.809. The molecule has 0 aromatic carbocycles. The standard InChI is InChI=1S/C12H13F3N4O2/c1-3-21-11(20)8-6-16-18(2)9(8)7-19-5-4-10(17-19)12(13,14)15/h4-6H,3,7H2,1-2H3. The van der Waals surface area contributed by atoms with Gasteiger partial charge in [0.25, 0.3) is 0 Å². The molecule has 0 bridgehead atoms. The van der Waals surface area contributed by atoms with Gasteiger partial charge in [-0.1, -0.05) is 0 Å². The summed E-state index contributed by atoms with van der Waals surface area (Å²) < 4.78 is 44.9. The van der Waals surface area contributed by atoms with Crippen LogP contribution in [-0.4, -0.2) is 32.1 Å². The fourth-order valence-corrected chi connectivity index (χ4v) is 1.78. The van der Waals surface area contributed by atoms with Gasteiger partial charge in [-0.25, -0.2) is 4.79 Å². The van der Waals surface area contributed by atoms with Gasteiger partial charge in [0.1, 0.15) is 5.56 Å². The number of carbonyl (C=O) groups excluding carboxylic acids is 1. The highest BCUT2D eigenvalue weighted by molar-refractivity contribution is 5.90. The Balaban J connectivity index is 2.25. The van der Waals surface area contributed by atoms with Crippen molar-refractivity contribution in [2.45, 2.75) is 19.6 Å². The van der Waals surface area contributed by atoms with Crippen LogP contribution in [0.15, 0.2) is 18.5 Å². The molecule has 2 heterocycles. The molecule has 0 aliphatic carbocycles. The number of esters is 1. The fourth-order valence-electron chi connectivity index (χ4n) is 1.78. The van der Waals surface area contributed by atoms with Gasteiger partial charge < -0.3 is 4.74 Å². The third kappa shape index (κ3) is 3.23. The minimum atomic E-state index is -4.50. The molecule has 0 radical (unpaired) electrons. The Labute approximate surface area is 118 Å². The van der Waals surface area contributed by atoms with E-state index >= 15 is 0 Å². The summed E-state index contributed by atoms with van der Waals surface area (Å²) in [6.07, 6.45) is -1.98. The molecule has 0 fully saturated rings. The van der Waals surface area contributed by atoms with Crippen LogP contribution in [0, 0.1) is 0 Å². The fraction of sp³-hybridized carbons (Fsp3) is 0.417. The number of hydrogen-bond acceptors (Lipinski definition) is 4. The highest BCUT2D eigenvalue weighted by atomic mass is 19.4. The van der Waals surface area contributed by atoms with Crippen molar-refractivity contribution in [2.24, 2.45) is 7.05 Å². The summed E-state index contributed by atoms with van der Waals surface area (Å²) >= 11 is 0. The molecule has 2 aromatic heterocycles. The molecule has 9 heteroatoms. The predicted molar refractivity (Wildman–Crippen MR) is 65.5 cm³/mol. The normalized spacial score (nSPS) is 11.7. The molecule has 0 saturated heterocycles. The lowest BCUT2D eigenvalue weighted by atomic mass is 10.2. The van der Waals surface area contributed by atoms with Gasteiger partial charge >= 0.3 is 12.1 Å². The van der Waals surface area contributed by atoms with E-state index < -0.39 is 17.8 Å². The number of nitrogens with zero attached hydrogens (tertiary/aromatic N) is 4. The lowest BCUT2D eigenvalue weighted by molar-refractivity contribution is -0.141. The molecule has 2 aromatic rings. The second-order valence-electron chi connectivity index (χ2n) is 4.25. The first-order chi connectivity index (χ1) is 9.82. The minimum absolute atomic E-state index is 0.0132. The first kappa shape index (κ1) is 15.1. The molecule has 0 unspecified atom stereocenters. The maximum atomic E-state index is 12.5. The van der Waals surface area contributed by atoms with Gasteiger partial charge in [-0.2, -0.15) is 23.4 Å². The molecule has 0 N–H and O–H groups in total. The van der Waals surface area contributed by atoms with Crippen molar-refractivity contribution in [3.8, 4) is 0 Å². The predicted octanol–water partition coefficient (Wildman–Crippen LogP) is 1.86. The molecule has 0 amide bonds. The summed E-state index contributed by atoms with van der Waals surface area (Å²) in [6.45, 7) is 1.85. The number of carbonyl (C=O) groups is 1. The average molecular weight is 302 g/mol. The Kier molecular flexibility index (Phi) is 4.01. The van der Waals surface area contributed by atoms with Crippen LogP contribution in [0.25, 0.3) is 0 Å². The molecule has 0 aliphatic heterocycles. The number of alkyl halides is 3. The van der Waals surface area contributed by atoms with Crippen molar-refractivity contribution in [1.29, 1.82) is 0 Å². The van der Waals surface area contributed by atoms with Crippen LogP contribution in [0.4, 0.5) is 13.2 Å². The third-order valence-corrected chi connectivity index (χ3v) is 2.80. The monoisotopic (exact) mass is 302 g/mol. The van der Waals surface area contributed by atoms with E-state index in [0.29, 0.717) is 5.69 Å². The topological polar surface area (TPSA) is 61.9 Å². The van der Waals surface area contributed by atoms with Crippen LogP contribution in [-0.2, 0) is 24.5 Å². The first-order valence-corrected chi connectivity index (χ1v) is 6.11. The number of rotatable bonds is 4. The number of aryl methyl sites for hydroxylation is 1. The van der Waals surface area contributed by atoms with Gasteiger partial charge in [0.2, 0.25) is 0 Å². The number of aromatic nitrogens is 4. The van der Waals surface area contributed by atoms with Crippen molar-refractivity contribution in [3.63, 3.8) is 0 Å². The summed E-state index contributed by atoms with van der Waals surface area (Å²) in [4.78, 5) is 11.7. The van der Waals surface area contributed by atoms with E-state index in [1.54, 1.807) is 14.0 Å². The Bertz CT molecular complexity index is 645. The molecule has 0 aliphatic rings. The van der Waals surface area contributed by atoms with Crippen LogP contribution in [0.1, 0.15) is 28.7 Å². The number of hydrogen-bond donors (Lipinski definition) is 0. The molecular weight excluding hydrogens is 289 g/mol. The van der Waals surface area contributed by atoms with Crippen molar-refractivity contribution in [2.75, 3.05) is 6.61 Å². The molecular formula is C12H13F3N4O2. The molecule has 6 nitrogen and oxygen atoms in total. The van der Waals surface area contributed by atoms with Crippen LogP contribution >= 0.6 is 0 Å². The smallest absolute Gasteiger partial charge is 0.435 e. The lowest BCUT2D eigenvalue weighted by Crippen LogP contribution is -2.14. The SMILES string of the molecule is CCOC(=O)c1cnn(C)c1Cn1ccc(C(F)(F)F)n1. The van der Waals surface area contributed by atoms with Crippen LogP contribution in [0.5, 0.6) is 0 Å². The Morgan fingerprint density at radius 2 is 2.14 bits per heavy atom. The van der Waals surface area contributed by atoms with Gasteiger partial charge in [0, 0.05) is 13.2 Å². The summed E-state index contributed by atoms with van der Waals surface area (Å²) in [5.41, 5.74) is -0.351. The van der Waals surface area contributed by atoms with Crippen molar-refractivity contribution in [3.05, 3.63) is 35.4 Å². The summed E-state index contributed by atoms with van der Waals surface area (Å²) in [5.74, 6) is -0.566. The summed E-state index contributed by atoms with van der Waals surface area (Å²) in [7, 11) is 1.59. The Hall–Kier alpha value is -2.32. The van der Waals surface area contributed by atoms with Crippen molar-refractivity contribution in [1.82, 2.24) is 19.6 Å². The second-order valence-corrected chi connectivity index (χ2v) is 4.25. The Morgan fingerprint density at radius 3 is 2.71 bits per heavy atom. The van der Waals surface area contributed by atoms with Gasteiger partial charge in [-0.15, -0.1) is 0 Å². The van der Waals surface area contributed by atoms with Crippen molar-refractivity contribution >= 4 is 5.97 Å². The first-order valence-electron chi connectivity index (χ1n) is 6.11. The van der Waals surface area contributed by atoms with E-state index in [1.807, 2.05) is 0 Å². The van der Waals surface area contributed by atoms with Gasteiger partial charge in [0.05, 0.1) is 25.0 Å². The zero-order chi connectivity index (χ0) is 15.6. The number of ether oxygens (including phenoxy) is 1. The average Bonchev–Trinajstić information content (AvgIpc) is 2.98. The van der Waals surface area contributed by atoms with E-state index in [2.05, 4.69) is 10.2 Å². The Morgan fingerprint density at radius 1 is 1.43 bits per heavy atom. The number of halogens is 3. The summed E-state index contributed by atoms with van der Waals surface area (Å²) in [5, 5.41) is 7.37. The second kappa shape index (κ2) is 5.58. The highest BCUT2D eigenvalue weighted by Gasteiger charge is 2.33. The lowest BCUT2D eigenvalue weighted by Gasteiger charge is -2.07. The van der Waals surface area contributed by atoms with Crippen LogP contribution in [0.2, 0.25) is 0 Å². The van der Waals surface area contributed by atoms with E-state index in [1.165, 1.54) is 17.1 Å². The molecule has 0 spiro atoms. The molecule has 21 heavy (non-hydrogen) atoms. The molecule has 0 saturated carbocycles. The van der Waals surface area contributed by atoms with Gasteiger partial charge in [0.15, 0.2) is 5.69 Å². The van der Waals surface area contributed by atoms with Gasteiger partial charge in [-0.3, -0.25) is 9.36 Å². The van der Waals surface area contributed by atoms with E-state index in [9.17, 15) is 18.0 Å². The van der Waals surface area contributed by atoms with E-state index in [4.69, 9.17) is 4.74 Å². The third-order valence-electron chi connectivity index (χ3n) is 2.80. The maximum absolute atomic E-state index is 12.5. The van der Waals surface area contributed by atoms with Crippen LogP contribution < -0.4 is 0 Å². The molecule has 2 rings (SSSR count). The molecule has 0 atom stereocenters. The maximum Gasteiger partial charge on any atom is 0.435 e. The van der Waals surface area contributed by atoms with Crippen LogP contribution in [0.3, 0.4) is 0 Å².